The summed E-state index contributed by atoms with van der Waals surface area (Å²) in [6, 6.07) is 0. The van der Waals surface area contributed by atoms with E-state index in [4.69, 9.17) is 0 Å². The van der Waals surface area contributed by atoms with Crippen LogP contribution in [0.15, 0.2) is 11.9 Å². The zero-order valence-corrected chi connectivity index (χ0v) is 8.67. The van der Waals surface area contributed by atoms with Crippen LogP contribution >= 0.6 is 22.6 Å². The van der Waals surface area contributed by atoms with Crippen molar-refractivity contribution < 1.29 is 4.79 Å². The summed E-state index contributed by atoms with van der Waals surface area (Å²) >= 11 is 2.24. The number of rotatable bonds is 1. The average Bonchev–Trinajstić information content (AvgIpc) is 2.40. The maximum absolute atomic E-state index is 11.3. The van der Waals surface area contributed by atoms with Gasteiger partial charge >= 0.3 is 0 Å². The SMILES string of the molecule is O=C1NN2CCNC=C2C1CI. The Labute approximate surface area is 84.5 Å². The maximum atomic E-state index is 11.3. The molecule has 1 saturated heterocycles. The molecule has 2 rings (SSSR count). The minimum atomic E-state index is 0.0402. The van der Waals surface area contributed by atoms with Gasteiger partial charge in [-0.1, -0.05) is 22.6 Å². The first-order valence-electron chi connectivity index (χ1n) is 3.90. The summed E-state index contributed by atoms with van der Waals surface area (Å²) < 4.78 is 0.841. The molecule has 0 aromatic rings. The molecule has 66 valence electrons. The molecule has 0 aromatic carbocycles. The van der Waals surface area contributed by atoms with E-state index in [1.165, 1.54) is 0 Å². The van der Waals surface area contributed by atoms with E-state index in [2.05, 4.69) is 33.3 Å². The number of nitrogens with zero attached hydrogens (tertiary/aromatic N) is 1. The van der Waals surface area contributed by atoms with Crippen LogP contribution in [0.3, 0.4) is 0 Å². The van der Waals surface area contributed by atoms with Crippen molar-refractivity contribution in [1.82, 2.24) is 15.8 Å². The second-order valence-electron chi connectivity index (χ2n) is 2.86. The fraction of sp³-hybridized carbons (Fsp3) is 0.571. The number of fused-ring (bicyclic) bond motifs is 1. The highest BCUT2D eigenvalue weighted by molar-refractivity contribution is 14.1. The standard InChI is InChI=1S/C7H10IN3O/c8-3-5-6-4-9-1-2-11(6)10-7(5)12/h4-5,9H,1-3H2,(H,10,12). The fourth-order valence-corrected chi connectivity index (χ4v) is 2.31. The molecule has 2 aliphatic rings. The maximum Gasteiger partial charge on any atom is 0.248 e. The summed E-state index contributed by atoms with van der Waals surface area (Å²) in [5, 5.41) is 5.07. The molecular formula is C7H10IN3O. The fourth-order valence-electron chi connectivity index (χ4n) is 1.46. The zero-order chi connectivity index (χ0) is 8.55. The first kappa shape index (κ1) is 8.15. The number of hydrogen-bond donors (Lipinski definition) is 2. The van der Waals surface area contributed by atoms with Crippen LogP contribution < -0.4 is 10.7 Å². The number of halogens is 1. The van der Waals surface area contributed by atoms with Gasteiger partial charge < -0.3 is 5.32 Å². The van der Waals surface area contributed by atoms with Crippen molar-refractivity contribution in [2.24, 2.45) is 5.92 Å². The largest absolute Gasteiger partial charge is 0.388 e. The summed E-state index contributed by atoms with van der Waals surface area (Å²) in [4.78, 5) is 11.3. The minimum Gasteiger partial charge on any atom is -0.388 e. The highest BCUT2D eigenvalue weighted by Gasteiger charge is 2.35. The Balaban J connectivity index is 2.24. The number of amides is 1. The summed E-state index contributed by atoms with van der Waals surface area (Å²) in [5.74, 6) is 0.165. The van der Waals surface area contributed by atoms with Gasteiger partial charge in [0.15, 0.2) is 0 Å². The number of nitrogens with one attached hydrogen (secondary N) is 2. The van der Waals surface area contributed by atoms with Crippen molar-refractivity contribution in [3.8, 4) is 0 Å². The Kier molecular flexibility index (Phi) is 2.12. The molecule has 4 nitrogen and oxygen atoms in total. The number of carbonyl (C=O) groups excluding carboxylic acids is 1. The van der Waals surface area contributed by atoms with E-state index in [-0.39, 0.29) is 11.8 Å². The van der Waals surface area contributed by atoms with Gasteiger partial charge in [-0.25, -0.2) is 0 Å². The quantitative estimate of drug-likeness (QED) is 0.517. The van der Waals surface area contributed by atoms with Crippen LogP contribution in [0.4, 0.5) is 0 Å². The van der Waals surface area contributed by atoms with Crippen molar-refractivity contribution in [2.75, 3.05) is 17.5 Å². The number of alkyl halides is 1. The summed E-state index contributed by atoms with van der Waals surface area (Å²) in [6.45, 7) is 1.77. The van der Waals surface area contributed by atoms with E-state index < -0.39 is 0 Å². The van der Waals surface area contributed by atoms with Crippen LogP contribution in [0.2, 0.25) is 0 Å². The molecule has 12 heavy (non-hydrogen) atoms. The van der Waals surface area contributed by atoms with E-state index >= 15 is 0 Å². The molecule has 0 aromatic heterocycles. The molecule has 1 atom stereocenters. The molecule has 0 bridgehead atoms. The molecular weight excluding hydrogens is 269 g/mol. The topological polar surface area (TPSA) is 44.4 Å². The van der Waals surface area contributed by atoms with Crippen molar-refractivity contribution in [3.63, 3.8) is 0 Å². The van der Waals surface area contributed by atoms with E-state index in [9.17, 15) is 4.79 Å². The first-order chi connectivity index (χ1) is 5.83. The summed E-state index contributed by atoms with van der Waals surface area (Å²) in [5.41, 5.74) is 3.92. The molecule has 5 heteroatoms. The molecule has 0 radical (unpaired) electrons. The van der Waals surface area contributed by atoms with Gasteiger partial charge in [-0.2, -0.15) is 0 Å². The highest BCUT2D eigenvalue weighted by atomic mass is 127. The lowest BCUT2D eigenvalue weighted by Gasteiger charge is -2.24. The van der Waals surface area contributed by atoms with E-state index in [0.29, 0.717) is 0 Å². The van der Waals surface area contributed by atoms with Crippen LogP contribution in [0.5, 0.6) is 0 Å². The number of carbonyl (C=O) groups is 1. The van der Waals surface area contributed by atoms with Crippen molar-refractivity contribution in [2.45, 2.75) is 0 Å². The average molecular weight is 279 g/mol. The zero-order valence-electron chi connectivity index (χ0n) is 6.51. The molecule has 2 N–H and O–H groups in total. The molecule has 2 aliphatic heterocycles. The molecule has 1 unspecified atom stereocenters. The Morgan fingerprint density at radius 2 is 2.58 bits per heavy atom. The molecule has 2 heterocycles. The van der Waals surface area contributed by atoms with Gasteiger partial charge in [-0.05, 0) is 0 Å². The van der Waals surface area contributed by atoms with Gasteiger partial charge in [0.05, 0.1) is 18.2 Å². The van der Waals surface area contributed by atoms with Gasteiger partial charge in [0.2, 0.25) is 5.91 Å². The van der Waals surface area contributed by atoms with E-state index in [0.717, 1.165) is 23.2 Å². The second kappa shape index (κ2) is 3.12. The Hall–Kier alpha value is -0.460. The molecule has 1 amide bonds. The molecule has 0 aliphatic carbocycles. The molecule has 0 saturated carbocycles. The monoisotopic (exact) mass is 279 g/mol. The van der Waals surface area contributed by atoms with E-state index in [1.54, 1.807) is 0 Å². The molecule has 0 spiro atoms. The minimum absolute atomic E-state index is 0.0402. The van der Waals surface area contributed by atoms with Crippen LogP contribution in [0.25, 0.3) is 0 Å². The Morgan fingerprint density at radius 1 is 1.75 bits per heavy atom. The third-order valence-corrected chi connectivity index (χ3v) is 3.00. The number of hydrazine groups is 1. The Bertz CT molecular complexity index is 241. The van der Waals surface area contributed by atoms with Gasteiger partial charge in [0.25, 0.3) is 0 Å². The van der Waals surface area contributed by atoms with Crippen LogP contribution in [0.1, 0.15) is 0 Å². The van der Waals surface area contributed by atoms with Crippen molar-refractivity contribution in [3.05, 3.63) is 11.9 Å². The molecule has 1 fully saturated rings. The third kappa shape index (κ3) is 1.16. The second-order valence-corrected chi connectivity index (χ2v) is 3.74. The highest BCUT2D eigenvalue weighted by Crippen LogP contribution is 2.23. The number of hydrogen-bond acceptors (Lipinski definition) is 3. The smallest absolute Gasteiger partial charge is 0.248 e. The summed E-state index contributed by atoms with van der Waals surface area (Å²) in [6.07, 6.45) is 1.94. The van der Waals surface area contributed by atoms with Crippen LogP contribution in [-0.2, 0) is 4.79 Å². The van der Waals surface area contributed by atoms with Crippen molar-refractivity contribution in [1.29, 1.82) is 0 Å². The van der Waals surface area contributed by atoms with Gasteiger partial charge in [-0.3, -0.25) is 15.2 Å². The van der Waals surface area contributed by atoms with Crippen LogP contribution in [0, 0.1) is 5.92 Å². The third-order valence-electron chi connectivity index (χ3n) is 2.11. The van der Waals surface area contributed by atoms with Gasteiger partial charge in [0, 0.05) is 17.2 Å². The summed E-state index contributed by atoms with van der Waals surface area (Å²) in [7, 11) is 0. The predicted molar refractivity (Wildman–Crippen MR) is 53.3 cm³/mol. The Morgan fingerprint density at radius 3 is 3.33 bits per heavy atom. The van der Waals surface area contributed by atoms with Gasteiger partial charge in [0.1, 0.15) is 0 Å². The van der Waals surface area contributed by atoms with Gasteiger partial charge in [-0.15, -0.1) is 0 Å². The lowest BCUT2D eigenvalue weighted by Crippen LogP contribution is -2.39. The predicted octanol–water partition coefficient (Wildman–Crippen LogP) is -0.171. The normalized spacial score (nSPS) is 27.4. The lowest BCUT2D eigenvalue weighted by atomic mass is 10.1. The van der Waals surface area contributed by atoms with E-state index in [1.807, 2.05) is 11.2 Å². The first-order valence-corrected chi connectivity index (χ1v) is 5.43. The lowest BCUT2D eigenvalue weighted by molar-refractivity contribution is -0.123. The van der Waals surface area contributed by atoms with Crippen LogP contribution in [-0.4, -0.2) is 28.4 Å². The van der Waals surface area contributed by atoms with Crippen molar-refractivity contribution >= 4 is 28.5 Å².